The molecule has 0 radical (unpaired) electrons. The lowest BCUT2D eigenvalue weighted by Crippen LogP contribution is -2.34. The van der Waals surface area contributed by atoms with E-state index in [-0.39, 0.29) is 21.6 Å². The summed E-state index contributed by atoms with van der Waals surface area (Å²) in [4.78, 5) is 24.5. The van der Waals surface area contributed by atoms with Gasteiger partial charge in [0.25, 0.3) is 5.56 Å². The highest BCUT2D eigenvalue weighted by molar-refractivity contribution is 7.99. The number of thioether (sulfide) groups is 1. The van der Waals surface area contributed by atoms with Gasteiger partial charge in [-0.05, 0) is 30.7 Å². The van der Waals surface area contributed by atoms with E-state index in [1.165, 1.54) is 12.1 Å². The number of carbonyl (C=O) groups excluding carboxylic acids is 1. The quantitative estimate of drug-likeness (QED) is 0.457. The Morgan fingerprint density at radius 3 is 2.66 bits per heavy atom. The van der Waals surface area contributed by atoms with E-state index < -0.39 is 17.3 Å². The van der Waals surface area contributed by atoms with E-state index in [1.54, 1.807) is 0 Å². The molecule has 3 rings (SSSR count). The Morgan fingerprint density at radius 2 is 1.97 bits per heavy atom. The van der Waals surface area contributed by atoms with Crippen molar-refractivity contribution in [2.75, 3.05) is 16.9 Å². The van der Waals surface area contributed by atoms with Crippen LogP contribution in [0.5, 0.6) is 0 Å². The minimum absolute atomic E-state index is 0.0718. The van der Waals surface area contributed by atoms with Crippen LogP contribution in [0, 0.1) is 12.7 Å². The number of hydrogen-bond donors (Lipinski definition) is 2. The van der Waals surface area contributed by atoms with E-state index in [9.17, 15) is 14.0 Å². The number of anilines is 1. The van der Waals surface area contributed by atoms with Crippen molar-refractivity contribution in [3.63, 3.8) is 0 Å². The first-order valence-electron chi connectivity index (χ1n) is 8.50. The highest BCUT2D eigenvalue weighted by Crippen LogP contribution is 2.20. The Labute approximate surface area is 175 Å². The number of carbonyl (C=O) groups is 1. The number of aryl methyl sites for hydroxylation is 1. The fraction of sp³-hybridized carbons (Fsp3) is 0.158. The summed E-state index contributed by atoms with van der Waals surface area (Å²) in [5.74, 6) is 4.79. The molecule has 0 saturated heterocycles. The van der Waals surface area contributed by atoms with Gasteiger partial charge in [-0.1, -0.05) is 53.2 Å². The van der Waals surface area contributed by atoms with Gasteiger partial charge < -0.3 is 11.2 Å². The summed E-state index contributed by atoms with van der Waals surface area (Å²) >= 11 is 6.64. The molecule has 29 heavy (non-hydrogen) atoms. The predicted octanol–water partition coefficient (Wildman–Crippen LogP) is 2.77. The second-order valence-electron chi connectivity index (χ2n) is 6.23. The third-order valence-electron chi connectivity index (χ3n) is 3.96. The normalized spacial score (nSPS) is 10.7. The third-order valence-corrected chi connectivity index (χ3v) is 5.19. The third kappa shape index (κ3) is 5.33. The number of nitrogens with two attached hydrogens (primary N) is 1. The smallest absolute Gasteiger partial charge is 0.294 e. The van der Waals surface area contributed by atoms with Gasteiger partial charge in [0.1, 0.15) is 11.5 Å². The minimum atomic E-state index is -0.577. The van der Waals surface area contributed by atoms with E-state index in [1.807, 2.05) is 31.2 Å². The lowest BCUT2D eigenvalue weighted by atomic mass is 10.1. The van der Waals surface area contributed by atoms with Crippen molar-refractivity contribution in [2.45, 2.75) is 18.5 Å². The SMILES string of the molecule is Cc1ccc(Cc2nnc(SCC(=O)Nc3ccc(F)c(Cl)c3)n(N)c2=O)cc1. The molecule has 0 bridgehead atoms. The average Bonchev–Trinajstić information content (AvgIpc) is 2.69. The molecule has 0 atom stereocenters. The number of hydrogen-bond acceptors (Lipinski definition) is 6. The maximum Gasteiger partial charge on any atom is 0.294 e. The van der Waals surface area contributed by atoms with Crippen molar-refractivity contribution in [1.82, 2.24) is 14.9 Å². The van der Waals surface area contributed by atoms with Gasteiger partial charge in [-0.3, -0.25) is 9.59 Å². The standard InChI is InChI=1S/C19H17ClFN5O2S/c1-11-2-4-12(5-3-11)8-16-18(28)26(22)19(25-24-16)29-10-17(27)23-13-6-7-15(21)14(20)9-13/h2-7,9H,8,10,22H2,1H3,(H,23,27). The van der Waals surface area contributed by atoms with Crippen molar-refractivity contribution in [1.29, 1.82) is 0 Å². The molecule has 0 aliphatic rings. The van der Waals surface area contributed by atoms with Crippen LogP contribution in [0.4, 0.5) is 10.1 Å². The fourth-order valence-corrected chi connectivity index (χ4v) is 3.26. The molecule has 1 amide bonds. The van der Waals surface area contributed by atoms with Crippen LogP contribution < -0.4 is 16.7 Å². The number of halogens is 2. The zero-order chi connectivity index (χ0) is 21.0. The molecule has 150 valence electrons. The summed E-state index contributed by atoms with van der Waals surface area (Å²) in [6.07, 6.45) is 0.306. The highest BCUT2D eigenvalue weighted by atomic mass is 35.5. The lowest BCUT2D eigenvalue weighted by Gasteiger charge is -2.08. The van der Waals surface area contributed by atoms with Gasteiger partial charge in [-0.15, -0.1) is 10.2 Å². The van der Waals surface area contributed by atoms with E-state index in [4.69, 9.17) is 17.4 Å². The Kier molecular flexibility index (Phi) is 6.50. The number of amides is 1. The van der Waals surface area contributed by atoms with Crippen LogP contribution in [-0.2, 0) is 11.2 Å². The molecule has 3 aromatic rings. The molecule has 2 aromatic carbocycles. The molecule has 0 spiro atoms. The maximum absolute atomic E-state index is 13.2. The van der Waals surface area contributed by atoms with E-state index >= 15 is 0 Å². The summed E-state index contributed by atoms with van der Waals surface area (Å²) in [6.45, 7) is 1.98. The van der Waals surface area contributed by atoms with Crippen LogP contribution in [0.3, 0.4) is 0 Å². The highest BCUT2D eigenvalue weighted by Gasteiger charge is 2.13. The number of rotatable bonds is 6. The molecule has 0 unspecified atom stereocenters. The van der Waals surface area contributed by atoms with Crippen LogP contribution in [0.15, 0.2) is 52.4 Å². The molecule has 3 N–H and O–H groups in total. The number of aromatic nitrogens is 3. The summed E-state index contributed by atoms with van der Waals surface area (Å²) in [7, 11) is 0. The second-order valence-corrected chi connectivity index (χ2v) is 7.58. The Hall–Kier alpha value is -2.91. The monoisotopic (exact) mass is 433 g/mol. The number of nitrogens with zero attached hydrogens (tertiary/aromatic N) is 3. The second kappa shape index (κ2) is 9.06. The first kappa shape index (κ1) is 20.8. The topological polar surface area (TPSA) is 103 Å². The van der Waals surface area contributed by atoms with Gasteiger partial charge in [0.2, 0.25) is 11.1 Å². The van der Waals surface area contributed by atoms with E-state index in [0.717, 1.165) is 33.6 Å². The molecule has 10 heteroatoms. The van der Waals surface area contributed by atoms with Gasteiger partial charge in [-0.2, -0.15) is 4.68 Å². The average molecular weight is 434 g/mol. The summed E-state index contributed by atoms with van der Waals surface area (Å²) in [5.41, 5.74) is 2.12. The Balaban J connectivity index is 1.64. The molecular weight excluding hydrogens is 417 g/mol. The first-order valence-corrected chi connectivity index (χ1v) is 9.87. The van der Waals surface area contributed by atoms with E-state index in [2.05, 4.69) is 15.5 Å². The van der Waals surface area contributed by atoms with Gasteiger partial charge >= 0.3 is 0 Å². The van der Waals surface area contributed by atoms with Crippen LogP contribution in [-0.4, -0.2) is 26.5 Å². The predicted molar refractivity (Wildman–Crippen MR) is 111 cm³/mol. The number of benzene rings is 2. The Morgan fingerprint density at radius 1 is 1.24 bits per heavy atom. The van der Waals surface area contributed by atoms with Crippen molar-refractivity contribution in [2.24, 2.45) is 0 Å². The molecule has 0 fully saturated rings. The zero-order valence-electron chi connectivity index (χ0n) is 15.4. The number of nitrogen functional groups attached to an aromatic ring is 1. The molecule has 7 nitrogen and oxygen atoms in total. The maximum atomic E-state index is 13.2. The number of nitrogens with one attached hydrogen (secondary N) is 1. The Bertz CT molecular complexity index is 1100. The molecular formula is C19H17ClFN5O2S. The molecule has 1 aromatic heterocycles. The fourth-order valence-electron chi connectivity index (χ4n) is 2.43. The summed E-state index contributed by atoms with van der Waals surface area (Å²) in [6, 6.07) is 11.6. The summed E-state index contributed by atoms with van der Waals surface area (Å²) in [5, 5.41) is 10.5. The summed E-state index contributed by atoms with van der Waals surface area (Å²) < 4.78 is 14.0. The van der Waals surface area contributed by atoms with Crippen molar-refractivity contribution in [3.05, 3.63) is 80.5 Å². The first-order chi connectivity index (χ1) is 13.8. The molecule has 0 aliphatic heterocycles. The zero-order valence-corrected chi connectivity index (χ0v) is 16.9. The van der Waals surface area contributed by atoms with Crippen molar-refractivity contribution < 1.29 is 9.18 Å². The van der Waals surface area contributed by atoms with Gasteiger partial charge in [-0.25, -0.2) is 4.39 Å². The molecule has 0 saturated carbocycles. The van der Waals surface area contributed by atoms with Crippen LogP contribution in [0.25, 0.3) is 0 Å². The van der Waals surface area contributed by atoms with Crippen LogP contribution >= 0.6 is 23.4 Å². The van der Waals surface area contributed by atoms with Gasteiger partial charge in [0.15, 0.2) is 0 Å². The largest absolute Gasteiger partial charge is 0.334 e. The molecule has 0 aliphatic carbocycles. The van der Waals surface area contributed by atoms with E-state index in [0.29, 0.717) is 12.1 Å². The van der Waals surface area contributed by atoms with Gasteiger partial charge in [0.05, 0.1) is 10.8 Å². The van der Waals surface area contributed by atoms with Gasteiger partial charge in [0, 0.05) is 12.1 Å². The van der Waals surface area contributed by atoms with Crippen molar-refractivity contribution >= 4 is 35.0 Å². The lowest BCUT2D eigenvalue weighted by molar-refractivity contribution is -0.113. The van der Waals surface area contributed by atoms with Crippen molar-refractivity contribution in [3.8, 4) is 0 Å². The van der Waals surface area contributed by atoms with Crippen LogP contribution in [0.1, 0.15) is 16.8 Å². The van der Waals surface area contributed by atoms with Crippen LogP contribution in [0.2, 0.25) is 5.02 Å². The molecule has 1 heterocycles. The minimum Gasteiger partial charge on any atom is -0.334 e.